The number of aromatic amines is 1. The zero-order valence-electron chi connectivity index (χ0n) is 14.5. The van der Waals surface area contributed by atoms with Crippen molar-refractivity contribution >= 4 is 34.4 Å². The second kappa shape index (κ2) is 7.25. The molecule has 0 fully saturated rings. The van der Waals surface area contributed by atoms with E-state index in [1.165, 1.54) is 6.20 Å². The summed E-state index contributed by atoms with van der Waals surface area (Å²) < 4.78 is 14.1. The number of hydrogen-bond acceptors (Lipinski definition) is 5. The van der Waals surface area contributed by atoms with Gasteiger partial charge in [-0.15, -0.1) is 0 Å². The largest absolute Gasteiger partial charge is 0.356 e. The van der Waals surface area contributed by atoms with Crippen molar-refractivity contribution in [3.8, 4) is 11.4 Å². The number of halogens is 2. The summed E-state index contributed by atoms with van der Waals surface area (Å²) in [5.41, 5.74) is 1.26. The van der Waals surface area contributed by atoms with Gasteiger partial charge in [-0.25, -0.2) is 19.3 Å². The van der Waals surface area contributed by atoms with Crippen LogP contribution in [-0.2, 0) is 4.79 Å². The molecule has 0 saturated heterocycles. The Hall–Kier alpha value is -2.74. The van der Waals surface area contributed by atoms with Crippen molar-refractivity contribution in [2.24, 2.45) is 0 Å². The van der Waals surface area contributed by atoms with Crippen LogP contribution in [0.5, 0.6) is 0 Å². The fourth-order valence-electron chi connectivity index (χ4n) is 2.44. The molecule has 9 heteroatoms. The fraction of sp³-hybridized carbons (Fsp3) is 0.294. The molecule has 0 aliphatic rings. The maximum Gasteiger partial charge on any atom is 0.242 e. The van der Waals surface area contributed by atoms with Crippen molar-refractivity contribution in [2.75, 3.05) is 5.32 Å². The molecule has 0 aliphatic heterocycles. The number of fused-ring (bicyclic) bond motifs is 1. The highest BCUT2D eigenvalue weighted by Crippen LogP contribution is 2.28. The van der Waals surface area contributed by atoms with E-state index in [0.29, 0.717) is 22.1 Å². The highest BCUT2D eigenvalue weighted by Gasteiger charge is 2.18. The molecule has 0 spiro atoms. The van der Waals surface area contributed by atoms with Crippen LogP contribution in [0.25, 0.3) is 22.4 Å². The number of hydrogen-bond donors (Lipinski definition) is 3. The van der Waals surface area contributed by atoms with E-state index in [1.807, 2.05) is 13.8 Å². The van der Waals surface area contributed by atoms with Crippen LogP contribution in [0.4, 0.5) is 10.2 Å². The Morgan fingerprint density at radius 2 is 2.08 bits per heavy atom. The van der Waals surface area contributed by atoms with E-state index < -0.39 is 11.9 Å². The minimum Gasteiger partial charge on any atom is -0.356 e. The molecule has 3 aromatic rings. The zero-order valence-corrected chi connectivity index (χ0v) is 15.2. The van der Waals surface area contributed by atoms with Gasteiger partial charge < -0.3 is 15.6 Å². The van der Waals surface area contributed by atoms with Crippen molar-refractivity contribution in [3.05, 3.63) is 35.5 Å². The maximum absolute atomic E-state index is 14.1. The number of rotatable bonds is 5. The van der Waals surface area contributed by atoms with Gasteiger partial charge in [-0.2, -0.15) is 0 Å². The molecule has 0 unspecified atom stereocenters. The van der Waals surface area contributed by atoms with Gasteiger partial charge in [-0.1, -0.05) is 11.6 Å². The van der Waals surface area contributed by atoms with Crippen molar-refractivity contribution in [2.45, 2.75) is 32.9 Å². The Kier molecular flexibility index (Phi) is 5.03. The van der Waals surface area contributed by atoms with Crippen molar-refractivity contribution in [1.82, 2.24) is 25.3 Å². The summed E-state index contributed by atoms with van der Waals surface area (Å²) in [5.74, 6) is -0.650. The summed E-state index contributed by atoms with van der Waals surface area (Å²) in [6.07, 6.45) is 4.27. The minimum atomic E-state index is -0.659. The molecule has 3 aromatic heterocycles. The lowest BCUT2D eigenvalue weighted by molar-refractivity contribution is -0.122. The maximum atomic E-state index is 14.1. The SMILES string of the molecule is CC(C)NC(=O)[C@H](C)Nc1nc(-c2c[nH]c3ncc(Cl)cc23)ncc1F.[HH].[HH].[HH]. The molecule has 3 heterocycles. The third-order valence-electron chi connectivity index (χ3n) is 3.66. The number of H-pyrrole nitrogens is 1. The van der Waals surface area contributed by atoms with Crippen molar-refractivity contribution in [3.63, 3.8) is 0 Å². The molecule has 26 heavy (non-hydrogen) atoms. The lowest BCUT2D eigenvalue weighted by atomic mass is 10.2. The number of pyridine rings is 1. The van der Waals surface area contributed by atoms with Crippen LogP contribution in [0, 0.1) is 5.82 Å². The number of nitrogens with zero attached hydrogens (tertiary/aromatic N) is 3. The number of amides is 1. The summed E-state index contributed by atoms with van der Waals surface area (Å²) in [7, 11) is 0. The van der Waals surface area contributed by atoms with Crippen molar-refractivity contribution < 1.29 is 13.5 Å². The van der Waals surface area contributed by atoms with Gasteiger partial charge in [0.05, 0.1) is 11.2 Å². The van der Waals surface area contributed by atoms with Crippen LogP contribution in [-0.4, -0.2) is 37.9 Å². The quantitative estimate of drug-likeness (QED) is 0.622. The molecule has 0 aromatic carbocycles. The average Bonchev–Trinajstić information content (AvgIpc) is 2.99. The summed E-state index contributed by atoms with van der Waals surface area (Å²) >= 11 is 6.00. The van der Waals surface area contributed by atoms with Crippen LogP contribution in [0.1, 0.15) is 25.1 Å². The first-order valence-electron chi connectivity index (χ1n) is 8.07. The Balaban J connectivity index is 0.00000261. The number of carbonyl (C=O) groups excluding carboxylic acids is 1. The predicted octanol–water partition coefficient (Wildman–Crippen LogP) is 3.88. The van der Waals surface area contributed by atoms with Crippen LogP contribution in [0.15, 0.2) is 24.7 Å². The third kappa shape index (κ3) is 3.75. The molecule has 0 saturated carbocycles. The molecular formula is C17H24ClFN6O. The Labute approximate surface area is 158 Å². The Bertz CT molecular complexity index is 971. The monoisotopic (exact) mass is 382 g/mol. The summed E-state index contributed by atoms with van der Waals surface area (Å²) in [6.45, 7) is 5.34. The van der Waals surface area contributed by atoms with Gasteiger partial charge in [0.25, 0.3) is 0 Å². The Morgan fingerprint density at radius 3 is 2.81 bits per heavy atom. The molecule has 1 atom stereocenters. The number of nitrogens with one attached hydrogen (secondary N) is 3. The number of carbonyl (C=O) groups is 1. The van der Waals surface area contributed by atoms with Crippen LogP contribution >= 0.6 is 11.6 Å². The average molecular weight is 383 g/mol. The van der Waals surface area contributed by atoms with Gasteiger partial charge in [0.15, 0.2) is 17.5 Å². The molecular weight excluding hydrogens is 359 g/mol. The lowest BCUT2D eigenvalue weighted by Crippen LogP contribution is -2.41. The van der Waals surface area contributed by atoms with Gasteiger partial charge in [-0.05, 0) is 26.8 Å². The molecule has 1 amide bonds. The van der Waals surface area contributed by atoms with Gasteiger partial charge in [0.1, 0.15) is 11.7 Å². The minimum absolute atomic E-state index is 0. The second-order valence-corrected chi connectivity index (χ2v) is 6.61. The zero-order chi connectivity index (χ0) is 18.8. The highest BCUT2D eigenvalue weighted by molar-refractivity contribution is 6.31. The van der Waals surface area contributed by atoms with E-state index >= 15 is 0 Å². The van der Waals surface area contributed by atoms with E-state index in [1.54, 1.807) is 19.2 Å². The fourth-order valence-corrected chi connectivity index (χ4v) is 2.60. The molecule has 3 N–H and O–H groups in total. The smallest absolute Gasteiger partial charge is 0.242 e. The van der Waals surface area contributed by atoms with Crippen molar-refractivity contribution in [1.29, 1.82) is 0 Å². The topological polar surface area (TPSA) is 95.6 Å². The number of aromatic nitrogens is 4. The standard InChI is InChI=1S/C17H18ClFN6O.3H2/c1-8(2)23-17(26)9(3)24-16-13(19)7-22-15(25-16)12-6-21-14-11(12)4-10(18)5-20-14;;;/h4-9H,1-3H3,(H,20,21)(H,23,26)(H,22,24,25);3*1H/t9-;;;/m0.../s1. The van der Waals surface area contributed by atoms with Crippen LogP contribution < -0.4 is 10.6 Å². The molecule has 0 radical (unpaired) electrons. The van der Waals surface area contributed by atoms with E-state index in [2.05, 4.69) is 30.6 Å². The Morgan fingerprint density at radius 1 is 1.31 bits per heavy atom. The first-order valence-corrected chi connectivity index (χ1v) is 8.45. The molecule has 7 nitrogen and oxygen atoms in total. The lowest BCUT2D eigenvalue weighted by Gasteiger charge is -2.17. The number of anilines is 1. The summed E-state index contributed by atoms with van der Waals surface area (Å²) in [5, 5.41) is 6.74. The second-order valence-electron chi connectivity index (χ2n) is 6.17. The normalized spacial score (nSPS) is 12.4. The van der Waals surface area contributed by atoms with Gasteiger partial charge >= 0.3 is 0 Å². The van der Waals surface area contributed by atoms with Gasteiger partial charge in [-0.3, -0.25) is 4.79 Å². The van der Waals surface area contributed by atoms with Crippen LogP contribution in [0.2, 0.25) is 5.02 Å². The molecule has 3 rings (SSSR count). The van der Waals surface area contributed by atoms with E-state index in [9.17, 15) is 9.18 Å². The molecule has 0 aliphatic carbocycles. The summed E-state index contributed by atoms with van der Waals surface area (Å²) in [6, 6.07) is 1.06. The van der Waals surface area contributed by atoms with E-state index in [4.69, 9.17) is 11.6 Å². The van der Waals surface area contributed by atoms with E-state index in [0.717, 1.165) is 11.6 Å². The predicted molar refractivity (Wildman–Crippen MR) is 105 cm³/mol. The van der Waals surface area contributed by atoms with Crippen LogP contribution in [0.3, 0.4) is 0 Å². The molecule has 142 valence electrons. The highest BCUT2D eigenvalue weighted by atomic mass is 35.5. The third-order valence-corrected chi connectivity index (χ3v) is 3.87. The first-order chi connectivity index (χ1) is 12.3. The molecule has 0 bridgehead atoms. The summed E-state index contributed by atoms with van der Waals surface area (Å²) in [4.78, 5) is 27.5. The first kappa shape index (κ1) is 18.1. The van der Waals surface area contributed by atoms with Gasteiger partial charge in [0.2, 0.25) is 5.91 Å². The van der Waals surface area contributed by atoms with E-state index in [-0.39, 0.29) is 22.0 Å². The van der Waals surface area contributed by atoms with Gasteiger partial charge in [0, 0.05) is 33.7 Å².